The fraction of sp³-hybridized carbons (Fsp3) is 0.0588. The van der Waals surface area contributed by atoms with Crippen LogP contribution in [0, 0.1) is 0 Å². The van der Waals surface area contributed by atoms with Crippen molar-refractivity contribution >= 4 is 5.97 Å². The zero-order valence-electron chi connectivity index (χ0n) is 12.1. The fourth-order valence-corrected chi connectivity index (χ4v) is 2.43. The van der Waals surface area contributed by atoms with Gasteiger partial charge in [0.25, 0.3) is 0 Å². The van der Waals surface area contributed by atoms with Crippen molar-refractivity contribution in [3.8, 4) is 11.4 Å². The molecule has 2 heterocycles. The van der Waals surface area contributed by atoms with Gasteiger partial charge in [-0.25, -0.2) is 4.79 Å². The Morgan fingerprint density at radius 3 is 2.48 bits per heavy atom. The number of hydrogen-bond acceptors (Lipinski definition) is 3. The highest BCUT2D eigenvalue weighted by atomic mass is 16.4. The van der Waals surface area contributed by atoms with E-state index in [1.165, 1.54) is 17.0 Å². The van der Waals surface area contributed by atoms with E-state index in [0.29, 0.717) is 6.54 Å². The average molecular weight is 310 g/mol. The van der Waals surface area contributed by atoms with Crippen LogP contribution in [0.3, 0.4) is 0 Å². The molecule has 2 N–H and O–H groups in total. The first-order chi connectivity index (χ1) is 11.1. The summed E-state index contributed by atoms with van der Waals surface area (Å²) in [6.45, 7) is 0.315. The minimum atomic E-state index is -1.36. The number of aromatic nitrogens is 2. The molecule has 1 aromatic carbocycles. The minimum absolute atomic E-state index is 0.315. The summed E-state index contributed by atoms with van der Waals surface area (Å²) in [6, 6.07) is 13.4. The van der Waals surface area contributed by atoms with Crippen LogP contribution in [0.2, 0.25) is 0 Å². The van der Waals surface area contributed by atoms with Crippen LogP contribution in [-0.2, 0) is 6.54 Å². The van der Waals surface area contributed by atoms with Crippen molar-refractivity contribution in [1.29, 1.82) is 0 Å². The van der Waals surface area contributed by atoms with Crippen LogP contribution >= 0.6 is 0 Å². The van der Waals surface area contributed by atoms with Gasteiger partial charge >= 0.3 is 5.97 Å². The summed E-state index contributed by atoms with van der Waals surface area (Å²) >= 11 is 0. The van der Waals surface area contributed by atoms with E-state index < -0.39 is 22.7 Å². The number of benzene rings is 1. The van der Waals surface area contributed by atoms with Crippen molar-refractivity contribution in [2.24, 2.45) is 0 Å². The summed E-state index contributed by atoms with van der Waals surface area (Å²) < 4.78 is 3.44. The summed E-state index contributed by atoms with van der Waals surface area (Å²) in [7, 11) is 0. The lowest BCUT2D eigenvalue weighted by molar-refractivity contribution is 0.0694. The van der Waals surface area contributed by atoms with Gasteiger partial charge in [-0.3, -0.25) is 4.79 Å². The molecule has 0 amide bonds. The third kappa shape index (κ3) is 2.87. The van der Waals surface area contributed by atoms with Crippen molar-refractivity contribution in [1.82, 2.24) is 9.13 Å². The van der Waals surface area contributed by atoms with E-state index in [1.807, 2.05) is 53.2 Å². The first kappa shape index (κ1) is 14.6. The van der Waals surface area contributed by atoms with Gasteiger partial charge in [-0.1, -0.05) is 18.2 Å². The molecule has 0 unspecified atom stereocenters. The number of pyridine rings is 1. The van der Waals surface area contributed by atoms with E-state index in [4.69, 9.17) is 5.11 Å². The SMILES string of the molecule is O=C(O)c1cn(Cc2cccn2-c2ccccc2)cc(O)c1=O. The molecular formula is C17H14N2O4. The molecule has 2 aromatic heterocycles. The Morgan fingerprint density at radius 1 is 1.04 bits per heavy atom. The number of carboxylic acids is 1. The maximum Gasteiger partial charge on any atom is 0.341 e. The quantitative estimate of drug-likeness (QED) is 0.773. The molecule has 3 rings (SSSR count). The molecule has 116 valence electrons. The number of carboxylic acid groups (broad SMARTS) is 1. The van der Waals surface area contributed by atoms with Gasteiger partial charge in [0.1, 0.15) is 5.56 Å². The number of aromatic carboxylic acids is 1. The van der Waals surface area contributed by atoms with Crippen LogP contribution in [0.15, 0.2) is 65.8 Å². The summed E-state index contributed by atoms with van der Waals surface area (Å²) in [5, 5.41) is 18.7. The zero-order valence-corrected chi connectivity index (χ0v) is 12.1. The first-order valence-corrected chi connectivity index (χ1v) is 6.94. The van der Waals surface area contributed by atoms with Crippen molar-refractivity contribution in [3.63, 3.8) is 0 Å². The maximum absolute atomic E-state index is 11.6. The third-order valence-corrected chi connectivity index (χ3v) is 3.50. The molecule has 0 spiro atoms. The normalized spacial score (nSPS) is 10.6. The van der Waals surface area contributed by atoms with Gasteiger partial charge in [-0.15, -0.1) is 0 Å². The maximum atomic E-state index is 11.6. The Hall–Kier alpha value is -3.28. The second-order valence-corrected chi connectivity index (χ2v) is 5.07. The van der Waals surface area contributed by atoms with Crippen molar-refractivity contribution in [2.45, 2.75) is 6.54 Å². The predicted octanol–water partition coefficient (Wildman–Crippen LogP) is 2.09. The first-order valence-electron chi connectivity index (χ1n) is 6.94. The van der Waals surface area contributed by atoms with E-state index in [2.05, 4.69) is 0 Å². The van der Waals surface area contributed by atoms with Crippen LogP contribution < -0.4 is 5.43 Å². The lowest BCUT2D eigenvalue weighted by atomic mass is 10.2. The molecule has 0 radical (unpaired) electrons. The highest BCUT2D eigenvalue weighted by Crippen LogP contribution is 2.14. The van der Waals surface area contributed by atoms with Crippen molar-refractivity contribution in [2.75, 3.05) is 0 Å². The Labute approximate surface area is 131 Å². The van der Waals surface area contributed by atoms with E-state index in [-0.39, 0.29) is 0 Å². The molecule has 0 saturated heterocycles. The molecule has 0 fully saturated rings. The van der Waals surface area contributed by atoms with Crippen LogP contribution in [0.4, 0.5) is 0 Å². The van der Waals surface area contributed by atoms with E-state index >= 15 is 0 Å². The van der Waals surface area contributed by atoms with Crippen LogP contribution in [0.5, 0.6) is 5.75 Å². The van der Waals surface area contributed by atoms with Gasteiger partial charge < -0.3 is 19.3 Å². The lowest BCUT2D eigenvalue weighted by Gasteiger charge is -2.12. The monoisotopic (exact) mass is 310 g/mol. The second-order valence-electron chi connectivity index (χ2n) is 5.07. The van der Waals surface area contributed by atoms with Gasteiger partial charge in [0, 0.05) is 23.8 Å². The lowest BCUT2D eigenvalue weighted by Crippen LogP contribution is -2.18. The fourth-order valence-electron chi connectivity index (χ4n) is 2.43. The number of nitrogens with zero attached hydrogens (tertiary/aromatic N) is 2. The summed E-state index contributed by atoms with van der Waals surface area (Å²) in [4.78, 5) is 22.7. The molecule has 0 saturated carbocycles. The van der Waals surface area contributed by atoms with Gasteiger partial charge in [-0.05, 0) is 24.3 Å². The molecular weight excluding hydrogens is 296 g/mol. The smallest absolute Gasteiger partial charge is 0.341 e. The summed E-state index contributed by atoms with van der Waals surface area (Å²) in [6.07, 6.45) is 4.36. The Morgan fingerprint density at radius 2 is 1.78 bits per heavy atom. The molecule has 0 bridgehead atoms. The Bertz CT molecular complexity index is 910. The van der Waals surface area contributed by atoms with E-state index in [0.717, 1.165) is 11.4 Å². The highest BCUT2D eigenvalue weighted by molar-refractivity contribution is 5.87. The number of rotatable bonds is 4. The highest BCUT2D eigenvalue weighted by Gasteiger charge is 2.14. The predicted molar refractivity (Wildman–Crippen MR) is 84.2 cm³/mol. The molecule has 0 aliphatic rings. The number of para-hydroxylation sites is 1. The standard InChI is InChI=1S/C17H14N2O4/c20-15-11-18(10-14(16(15)21)17(22)23)9-13-7-4-8-19(13)12-5-2-1-3-6-12/h1-8,10-11,20H,9H2,(H,22,23). The van der Waals surface area contributed by atoms with Crippen molar-refractivity contribution < 1.29 is 15.0 Å². The van der Waals surface area contributed by atoms with Gasteiger partial charge in [0.2, 0.25) is 5.43 Å². The zero-order chi connectivity index (χ0) is 16.4. The van der Waals surface area contributed by atoms with Crippen LogP contribution in [0.1, 0.15) is 16.1 Å². The minimum Gasteiger partial charge on any atom is -0.503 e. The number of aromatic hydroxyl groups is 1. The number of carbonyl (C=O) groups is 1. The third-order valence-electron chi connectivity index (χ3n) is 3.50. The van der Waals surface area contributed by atoms with Gasteiger partial charge in [-0.2, -0.15) is 0 Å². The molecule has 0 aliphatic carbocycles. The molecule has 23 heavy (non-hydrogen) atoms. The molecule has 6 heteroatoms. The average Bonchev–Trinajstić information content (AvgIpc) is 2.99. The van der Waals surface area contributed by atoms with Crippen molar-refractivity contribution in [3.05, 3.63) is 82.5 Å². The van der Waals surface area contributed by atoms with Gasteiger partial charge in [0.15, 0.2) is 5.75 Å². The van der Waals surface area contributed by atoms with Gasteiger partial charge in [0.05, 0.1) is 12.7 Å². The summed E-state index contributed by atoms with van der Waals surface area (Å²) in [5.74, 6) is -1.94. The second kappa shape index (κ2) is 5.84. The Kier molecular flexibility index (Phi) is 3.72. The largest absolute Gasteiger partial charge is 0.503 e. The molecule has 0 atom stereocenters. The topological polar surface area (TPSA) is 84.5 Å². The summed E-state index contributed by atoms with van der Waals surface area (Å²) in [5.41, 5.74) is 0.516. The molecule has 0 aliphatic heterocycles. The van der Waals surface area contributed by atoms with E-state index in [1.54, 1.807) is 0 Å². The molecule has 3 aromatic rings. The van der Waals surface area contributed by atoms with Crippen LogP contribution in [0.25, 0.3) is 5.69 Å². The number of hydrogen-bond donors (Lipinski definition) is 2. The Balaban J connectivity index is 2.00. The molecule has 6 nitrogen and oxygen atoms in total. The van der Waals surface area contributed by atoms with Crippen LogP contribution in [-0.4, -0.2) is 25.3 Å². The van der Waals surface area contributed by atoms with E-state index in [9.17, 15) is 14.7 Å².